The summed E-state index contributed by atoms with van der Waals surface area (Å²) in [5, 5.41) is 5.54. The lowest BCUT2D eigenvalue weighted by Crippen LogP contribution is -2.46. The Labute approximate surface area is 139 Å². The number of esters is 1. The fourth-order valence-electron chi connectivity index (χ4n) is 1.54. The third kappa shape index (κ3) is 7.51. The van der Waals surface area contributed by atoms with Gasteiger partial charge in [0, 0.05) is 11.6 Å². The van der Waals surface area contributed by atoms with Gasteiger partial charge in [0.05, 0.1) is 0 Å². The lowest BCUT2D eigenvalue weighted by Gasteiger charge is -2.13. The second kappa shape index (κ2) is 9.68. The minimum absolute atomic E-state index is 0.307. The van der Waals surface area contributed by atoms with Crippen molar-refractivity contribution in [2.75, 3.05) is 19.8 Å². The fourth-order valence-corrected chi connectivity index (χ4v) is 1.66. The maximum absolute atomic E-state index is 11.6. The molecule has 0 radical (unpaired) electrons. The first-order chi connectivity index (χ1) is 10.9. The van der Waals surface area contributed by atoms with Crippen LogP contribution in [0.15, 0.2) is 24.3 Å². The normalized spacial score (nSPS) is 11.3. The Morgan fingerprint density at radius 1 is 1.17 bits per heavy atom. The van der Waals surface area contributed by atoms with E-state index in [1.54, 1.807) is 31.2 Å². The van der Waals surface area contributed by atoms with E-state index in [0.29, 0.717) is 17.3 Å². The van der Waals surface area contributed by atoms with E-state index in [4.69, 9.17) is 21.1 Å². The maximum Gasteiger partial charge on any atom is 0.344 e. The molecule has 0 aliphatic carbocycles. The van der Waals surface area contributed by atoms with E-state index in [1.807, 2.05) is 0 Å². The summed E-state index contributed by atoms with van der Waals surface area (Å²) in [5.41, 5.74) is 0. The van der Waals surface area contributed by atoms with Crippen molar-refractivity contribution in [1.29, 1.82) is 0 Å². The first-order valence-electron chi connectivity index (χ1n) is 7.03. The van der Waals surface area contributed by atoms with Gasteiger partial charge in [-0.2, -0.15) is 0 Å². The summed E-state index contributed by atoms with van der Waals surface area (Å²) in [5.74, 6) is -1.11. The molecule has 1 aromatic rings. The lowest BCUT2D eigenvalue weighted by atomic mass is 10.3. The fraction of sp³-hybridized carbons (Fsp3) is 0.400. The number of likely N-dealkylation sites (N-methyl/N-ethyl adjacent to an activating group) is 1. The molecule has 1 atom stereocenters. The van der Waals surface area contributed by atoms with E-state index < -0.39 is 24.5 Å². The van der Waals surface area contributed by atoms with Gasteiger partial charge in [-0.05, 0) is 38.1 Å². The molecule has 23 heavy (non-hydrogen) atoms. The summed E-state index contributed by atoms with van der Waals surface area (Å²) in [6.45, 7) is 2.96. The highest BCUT2D eigenvalue weighted by Crippen LogP contribution is 2.15. The Kier molecular flexibility index (Phi) is 7.90. The van der Waals surface area contributed by atoms with Crippen molar-refractivity contribution in [2.45, 2.75) is 19.9 Å². The monoisotopic (exact) mass is 342 g/mol. The summed E-state index contributed by atoms with van der Waals surface area (Å²) >= 11 is 5.72. The number of rotatable bonds is 8. The second-order valence-electron chi connectivity index (χ2n) is 4.59. The first-order valence-corrected chi connectivity index (χ1v) is 7.41. The van der Waals surface area contributed by atoms with E-state index in [1.165, 1.54) is 6.92 Å². The number of ether oxygens (including phenoxy) is 2. The summed E-state index contributed by atoms with van der Waals surface area (Å²) in [7, 11) is 0. The summed E-state index contributed by atoms with van der Waals surface area (Å²) in [6.07, 6.45) is 0. The minimum atomic E-state index is -0.702. The maximum atomic E-state index is 11.6. The number of hydrogen-bond acceptors (Lipinski definition) is 5. The van der Waals surface area contributed by atoms with Crippen molar-refractivity contribution < 1.29 is 23.9 Å². The smallest absolute Gasteiger partial charge is 0.344 e. The molecule has 8 heteroatoms. The highest BCUT2D eigenvalue weighted by molar-refractivity contribution is 6.30. The molecule has 0 saturated carbocycles. The average Bonchev–Trinajstić information content (AvgIpc) is 2.52. The Bertz CT molecular complexity index is 547. The Morgan fingerprint density at radius 3 is 2.43 bits per heavy atom. The molecular formula is C15H19ClN2O5. The van der Waals surface area contributed by atoms with E-state index in [2.05, 4.69) is 10.6 Å². The first kappa shape index (κ1) is 18.8. The zero-order chi connectivity index (χ0) is 17.2. The third-order valence-electron chi connectivity index (χ3n) is 2.66. The molecule has 1 aromatic carbocycles. The van der Waals surface area contributed by atoms with Crippen LogP contribution in [0.5, 0.6) is 5.75 Å². The van der Waals surface area contributed by atoms with Crippen molar-refractivity contribution in [3.63, 3.8) is 0 Å². The molecule has 0 aliphatic heterocycles. The quantitative estimate of drug-likeness (QED) is 0.685. The Balaban J connectivity index is 2.25. The van der Waals surface area contributed by atoms with Gasteiger partial charge in [-0.1, -0.05) is 11.6 Å². The molecule has 0 aliphatic rings. The van der Waals surface area contributed by atoms with E-state index in [-0.39, 0.29) is 12.5 Å². The number of amides is 2. The SMILES string of the molecule is CCNC(=O)[C@H](C)NC(=O)COC(=O)COc1ccc(Cl)cc1. The van der Waals surface area contributed by atoms with E-state index >= 15 is 0 Å². The number of nitrogens with one attached hydrogen (secondary N) is 2. The summed E-state index contributed by atoms with van der Waals surface area (Å²) in [6, 6.07) is 5.76. The molecule has 0 aromatic heterocycles. The number of hydrogen-bond donors (Lipinski definition) is 2. The van der Waals surface area contributed by atoms with Crippen LogP contribution in [-0.4, -0.2) is 43.6 Å². The third-order valence-corrected chi connectivity index (χ3v) is 2.91. The van der Waals surface area contributed by atoms with E-state index in [0.717, 1.165) is 0 Å². The molecule has 0 unspecified atom stereocenters. The van der Waals surface area contributed by atoms with Crippen LogP contribution in [-0.2, 0) is 19.1 Å². The van der Waals surface area contributed by atoms with Crippen LogP contribution in [0, 0.1) is 0 Å². The van der Waals surface area contributed by atoms with Crippen LogP contribution in [0.4, 0.5) is 0 Å². The summed E-state index contributed by atoms with van der Waals surface area (Å²) < 4.78 is 9.93. The van der Waals surface area contributed by atoms with E-state index in [9.17, 15) is 14.4 Å². The molecule has 0 fully saturated rings. The molecule has 0 spiro atoms. The highest BCUT2D eigenvalue weighted by Gasteiger charge is 2.15. The van der Waals surface area contributed by atoms with Crippen molar-refractivity contribution in [2.24, 2.45) is 0 Å². The van der Waals surface area contributed by atoms with Gasteiger partial charge in [0.2, 0.25) is 5.91 Å². The average molecular weight is 343 g/mol. The minimum Gasteiger partial charge on any atom is -0.482 e. The molecule has 2 amide bonds. The number of carbonyl (C=O) groups is 3. The highest BCUT2D eigenvalue weighted by atomic mass is 35.5. The zero-order valence-electron chi connectivity index (χ0n) is 12.9. The predicted octanol–water partition coefficient (Wildman–Crippen LogP) is 0.903. The molecular weight excluding hydrogens is 324 g/mol. The van der Waals surface area contributed by atoms with Crippen molar-refractivity contribution in [3.05, 3.63) is 29.3 Å². The molecule has 0 heterocycles. The molecule has 2 N–H and O–H groups in total. The largest absolute Gasteiger partial charge is 0.482 e. The van der Waals surface area contributed by atoms with Gasteiger partial charge >= 0.3 is 5.97 Å². The Hall–Kier alpha value is -2.28. The van der Waals surface area contributed by atoms with Crippen LogP contribution in [0.1, 0.15) is 13.8 Å². The molecule has 0 bridgehead atoms. The van der Waals surface area contributed by atoms with Gasteiger partial charge in [-0.25, -0.2) is 4.79 Å². The number of benzene rings is 1. The van der Waals surface area contributed by atoms with Crippen molar-refractivity contribution in [1.82, 2.24) is 10.6 Å². The topological polar surface area (TPSA) is 93.7 Å². The van der Waals surface area contributed by atoms with Crippen LogP contribution >= 0.6 is 11.6 Å². The van der Waals surface area contributed by atoms with Gasteiger partial charge in [0.25, 0.3) is 5.91 Å². The standard InChI is InChI=1S/C15H19ClN2O5/c1-3-17-15(21)10(2)18-13(19)8-23-14(20)9-22-12-6-4-11(16)5-7-12/h4-7,10H,3,8-9H2,1-2H3,(H,17,21)(H,18,19)/t10-/m0/s1. The molecule has 1 rings (SSSR count). The van der Waals surface area contributed by atoms with Crippen molar-refractivity contribution in [3.8, 4) is 5.75 Å². The molecule has 7 nitrogen and oxygen atoms in total. The van der Waals surface area contributed by atoms with Gasteiger partial charge in [-0.3, -0.25) is 9.59 Å². The van der Waals surface area contributed by atoms with Crippen LogP contribution in [0.3, 0.4) is 0 Å². The van der Waals surface area contributed by atoms with Gasteiger partial charge in [0.1, 0.15) is 11.8 Å². The van der Waals surface area contributed by atoms with Crippen LogP contribution < -0.4 is 15.4 Å². The number of halogens is 1. The van der Waals surface area contributed by atoms with Gasteiger partial charge in [-0.15, -0.1) is 0 Å². The van der Waals surface area contributed by atoms with Gasteiger partial charge in [0.15, 0.2) is 13.2 Å². The lowest BCUT2D eigenvalue weighted by molar-refractivity contribution is -0.150. The van der Waals surface area contributed by atoms with Crippen LogP contribution in [0.25, 0.3) is 0 Å². The summed E-state index contributed by atoms with van der Waals surface area (Å²) in [4.78, 5) is 34.5. The van der Waals surface area contributed by atoms with Gasteiger partial charge < -0.3 is 20.1 Å². The predicted molar refractivity (Wildman–Crippen MR) is 84.2 cm³/mol. The molecule has 126 valence electrons. The Morgan fingerprint density at radius 2 is 1.83 bits per heavy atom. The zero-order valence-corrected chi connectivity index (χ0v) is 13.7. The molecule has 0 saturated heterocycles. The number of carbonyl (C=O) groups excluding carboxylic acids is 3. The second-order valence-corrected chi connectivity index (χ2v) is 5.02. The van der Waals surface area contributed by atoms with Crippen molar-refractivity contribution >= 4 is 29.4 Å². The van der Waals surface area contributed by atoms with Crippen LogP contribution in [0.2, 0.25) is 5.02 Å².